The van der Waals surface area contributed by atoms with Crippen LogP contribution in [-0.2, 0) is 6.54 Å². The van der Waals surface area contributed by atoms with Crippen molar-refractivity contribution in [2.45, 2.75) is 20.4 Å². The van der Waals surface area contributed by atoms with E-state index in [0.717, 1.165) is 60.4 Å². The Kier molecular flexibility index (Phi) is 6.34. The zero-order chi connectivity index (χ0) is 20.1. The largest absolute Gasteiger partial charge is 0.496 e. The van der Waals surface area contributed by atoms with Gasteiger partial charge in [-0.2, -0.15) is 0 Å². The number of nitrogens with one attached hydrogen (secondary N) is 1. The average molecular weight is 385 g/mol. The standard InChI is InChI=1S/C21H28FN5O/c1-15-13-24-19(16(2)20(15)28-4)14-25-21(23-3)27-11-9-26(10-12-27)18-7-5-17(22)6-8-18/h5-8,13H,9-12,14H2,1-4H3,(H,23,25). The first kappa shape index (κ1) is 19.9. The molecule has 1 N–H and O–H groups in total. The van der Waals surface area contributed by atoms with Crippen LogP contribution in [0, 0.1) is 19.7 Å². The number of ether oxygens (including phenoxy) is 1. The SMILES string of the molecule is CN=C(NCc1ncc(C)c(OC)c1C)N1CCN(c2ccc(F)cc2)CC1. The first-order valence-electron chi connectivity index (χ1n) is 9.48. The predicted molar refractivity (Wildman–Crippen MR) is 111 cm³/mol. The number of aliphatic imine (C=N–C) groups is 1. The Morgan fingerprint density at radius 1 is 1.18 bits per heavy atom. The van der Waals surface area contributed by atoms with Crippen molar-refractivity contribution in [1.82, 2.24) is 15.2 Å². The number of guanidine groups is 1. The number of nitrogens with zero attached hydrogens (tertiary/aromatic N) is 4. The van der Waals surface area contributed by atoms with Crippen LogP contribution in [0.1, 0.15) is 16.8 Å². The number of hydrogen-bond donors (Lipinski definition) is 1. The van der Waals surface area contributed by atoms with Gasteiger partial charge in [0, 0.05) is 56.2 Å². The number of halogens is 1. The van der Waals surface area contributed by atoms with Gasteiger partial charge < -0.3 is 19.9 Å². The zero-order valence-electron chi connectivity index (χ0n) is 17.0. The highest BCUT2D eigenvalue weighted by molar-refractivity contribution is 5.80. The molecular formula is C21H28FN5O. The van der Waals surface area contributed by atoms with Gasteiger partial charge in [-0.3, -0.25) is 9.98 Å². The van der Waals surface area contributed by atoms with Crippen molar-refractivity contribution < 1.29 is 9.13 Å². The predicted octanol–water partition coefficient (Wildman–Crippen LogP) is 2.74. The normalized spacial score (nSPS) is 15.0. The Balaban J connectivity index is 1.59. The van der Waals surface area contributed by atoms with Crippen LogP contribution >= 0.6 is 0 Å². The molecule has 1 aromatic heterocycles. The van der Waals surface area contributed by atoms with Crippen LogP contribution in [0.5, 0.6) is 5.75 Å². The van der Waals surface area contributed by atoms with Gasteiger partial charge in [0.1, 0.15) is 11.6 Å². The van der Waals surface area contributed by atoms with E-state index >= 15 is 0 Å². The molecule has 0 atom stereocenters. The lowest BCUT2D eigenvalue weighted by atomic mass is 10.1. The van der Waals surface area contributed by atoms with E-state index in [1.807, 2.05) is 32.2 Å². The third-order valence-electron chi connectivity index (χ3n) is 5.15. The summed E-state index contributed by atoms with van der Waals surface area (Å²) in [6.07, 6.45) is 1.84. The van der Waals surface area contributed by atoms with Crippen LogP contribution in [0.15, 0.2) is 35.5 Å². The Bertz CT molecular complexity index is 829. The van der Waals surface area contributed by atoms with Gasteiger partial charge in [0.05, 0.1) is 19.3 Å². The molecule has 0 spiro atoms. The lowest BCUT2D eigenvalue weighted by molar-refractivity contribution is 0.372. The summed E-state index contributed by atoms with van der Waals surface area (Å²) >= 11 is 0. The molecule has 2 aromatic rings. The molecule has 6 nitrogen and oxygen atoms in total. The van der Waals surface area contributed by atoms with E-state index in [9.17, 15) is 4.39 Å². The molecule has 2 heterocycles. The summed E-state index contributed by atoms with van der Waals surface area (Å²) < 4.78 is 18.6. The lowest BCUT2D eigenvalue weighted by Gasteiger charge is -2.37. The fourth-order valence-corrected chi connectivity index (χ4v) is 3.57. The minimum atomic E-state index is -0.205. The molecule has 7 heteroatoms. The summed E-state index contributed by atoms with van der Waals surface area (Å²) in [6, 6.07) is 6.68. The number of piperazine rings is 1. The molecule has 1 aromatic carbocycles. The Morgan fingerprint density at radius 3 is 2.46 bits per heavy atom. The van der Waals surface area contributed by atoms with Crippen molar-refractivity contribution in [3.05, 3.63) is 53.1 Å². The number of hydrogen-bond acceptors (Lipinski definition) is 4. The number of aromatic nitrogens is 1. The van der Waals surface area contributed by atoms with Crippen molar-refractivity contribution in [1.29, 1.82) is 0 Å². The summed E-state index contributed by atoms with van der Waals surface area (Å²) in [5, 5.41) is 3.42. The van der Waals surface area contributed by atoms with Crippen molar-refractivity contribution in [2.24, 2.45) is 4.99 Å². The number of rotatable bonds is 4. The van der Waals surface area contributed by atoms with E-state index in [-0.39, 0.29) is 5.82 Å². The number of benzene rings is 1. The molecule has 3 rings (SSSR count). The molecule has 0 bridgehead atoms. The molecular weight excluding hydrogens is 357 g/mol. The summed E-state index contributed by atoms with van der Waals surface area (Å²) in [6.45, 7) is 8.04. The van der Waals surface area contributed by atoms with Crippen LogP contribution in [-0.4, -0.2) is 56.2 Å². The van der Waals surface area contributed by atoms with Crippen LogP contribution in [0.25, 0.3) is 0 Å². The highest BCUT2D eigenvalue weighted by atomic mass is 19.1. The third kappa shape index (κ3) is 4.35. The Hall–Kier alpha value is -2.83. The molecule has 1 aliphatic rings. The summed E-state index contributed by atoms with van der Waals surface area (Å²) in [5.74, 6) is 1.54. The quantitative estimate of drug-likeness (QED) is 0.648. The minimum Gasteiger partial charge on any atom is -0.496 e. The van der Waals surface area contributed by atoms with Crippen molar-refractivity contribution in [2.75, 3.05) is 45.2 Å². The minimum absolute atomic E-state index is 0.205. The maximum Gasteiger partial charge on any atom is 0.194 e. The van der Waals surface area contributed by atoms with E-state index in [0.29, 0.717) is 6.54 Å². The second kappa shape index (κ2) is 8.91. The van der Waals surface area contributed by atoms with E-state index in [1.165, 1.54) is 12.1 Å². The molecule has 28 heavy (non-hydrogen) atoms. The monoisotopic (exact) mass is 385 g/mol. The van der Waals surface area contributed by atoms with Gasteiger partial charge in [-0.1, -0.05) is 0 Å². The van der Waals surface area contributed by atoms with Crippen molar-refractivity contribution in [3.8, 4) is 5.75 Å². The van der Waals surface area contributed by atoms with Crippen LogP contribution in [0.2, 0.25) is 0 Å². The number of anilines is 1. The molecule has 0 radical (unpaired) electrons. The zero-order valence-corrected chi connectivity index (χ0v) is 17.0. The third-order valence-corrected chi connectivity index (χ3v) is 5.15. The molecule has 0 amide bonds. The highest BCUT2D eigenvalue weighted by Crippen LogP contribution is 2.24. The van der Waals surface area contributed by atoms with Crippen LogP contribution in [0.3, 0.4) is 0 Å². The number of aryl methyl sites for hydroxylation is 1. The van der Waals surface area contributed by atoms with Gasteiger partial charge in [-0.05, 0) is 38.1 Å². The average Bonchev–Trinajstić information content (AvgIpc) is 2.71. The first-order chi connectivity index (χ1) is 13.5. The smallest absolute Gasteiger partial charge is 0.194 e. The second-order valence-electron chi connectivity index (χ2n) is 6.90. The lowest BCUT2D eigenvalue weighted by Crippen LogP contribution is -2.52. The molecule has 150 valence electrons. The fourth-order valence-electron chi connectivity index (χ4n) is 3.57. The van der Waals surface area contributed by atoms with E-state index in [1.54, 1.807) is 14.2 Å². The molecule has 1 aliphatic heterocycles. The van der Waals surface area contributed by atoms with Crippen molar-refractivity contribution in [3.63, 3.8) is 0 Å². The van der Waals surface area contributed by atoms with Gasteiger partial charge in [0.25, 0.3) is 0 Å². The molecule has 1 saturated heterocycles. The van der Waals surface area contributed by atoms with Crippen LogP contribution < -0.4 is 15.0 Å². The van der Waals surface area contributed by atoms with Gasteiger partial charge in [-0.15, -0.1) is 0 Å². The highest BCUT2D eigenvalue weighted by Gasteiger charge is 2.20. The molecule has 0 saturated carbocycles. The van der Waals surface area contributed by atoms with Gasteiger partial charge in [-0.25, -0.2) is 4.39 Å². The van der Waals surface area contributed by atoms with E-state index < -0.39 is 0 Å². The first-order valence-corrected chi connectivity index (χ1v) is 9.48. The van der Waals surface area contributed by atoms with Crippen molar-refractivity contribution >= 4 is 11.6 Å². The Labute approximate surface area is 166 Å². The van der Waals surface area contributed by atoms with Gasteiger partial charge >= 0.3 is 0 Å². The maximum atomic E-state index is 13.1. The van der Waals surface area contributed by atoms with Gasteiger partial charge in [0.2, 0.25) is 0 Å². The summed E-state index contributed by atoms with van der Waals surface area (Å²) in [4.78, 5) is 13.5. The number of pyridine rings is 1. The summed E-state index contributed by atoms with van der Waals surface area (Å²) in [7, 11) is 3.48. The topological polar surface area (TPSA) is 53.0 Å². The molecule has 1 fully saturated rings. The van der Waals surface area contributed by atoms with E-state index in [4.69, 9.17) is 4.74 Å². The second-order valence-corrected chi connectivity index (χ2v) is 6.90. The Morgan fingerprint density at radius 2 is 1.86 bits per heavy atom. The number of methoxy groups -OCH3 is 1. The maximum absolute atomic E-state index is 13.1. The van der Waals surface area contributed by atoms with E-state index in [2.05, 4.69) is 25.1 Å². The molecule has 0 aliphatic carbocycles. The summed E-state index contributed by atoms with van der Waals surface area (Å²) in [5.41, 5.74) is 4.08. The fraction of sp³-hybridized carbons (Fsp3) is 0.429. The van der Waals surface area contributed by atoms with Gasteiger partial charge in [0.15, 0.2) is 5.96 Å². The van der Waals surface area contributed by atoms with Crippen LogP contribution in [0.4, 0.5) is 10.1 Å². The molecule has 0 unspecified atom stereocenters.